The summed E-state index contributed by atoms with van der Waals surface area (Å²) in [4.78, 5) is 52.1. The third kappa shape index (κ3) is 9.62. The zero-order valence-corrected chi connectivity index (χ0v) is 36.2. The van der Waals surface area contributed by atoms with E-state index in [4.69, 9.17) is 14.7 Å². The number of aliphatic hydroxyl groups excluding tert-OH is 1. The topological polar surface area (TPSA) is 152 Å². The van der Waals surface area contributed by atoms with E-state index in [0.717, 1.165) is 131 Å². The average Bonchev–Trinajstić information content (AvgIpc) is 3.77. The Hall–Kier alpha value is -4.89. The molecule has 0 bridgehead atoms. The molecule has 3 fully saturated rings. The summed E-state index contributed by atoms with van der Waals surface area (Å²) < 4.78 is 11.5. The second-order valence-electron chi connectivity index (χ2n) is 17.4. The first-order valence-corrected chi connectivity index (χ1v) is 22.7. The van der Waals surface area contributed by atoms with E-state index in [0.29, 0.717) is 36.6 Å². The Kier molecular flexibility index (Phi) is 13.6. The molecule has 3 aliphatic rings. The Labute approximate surface area is 358 Å². The first-order chi connectivity index (χ1) is 29.7. The number of nitrogens with zero attached hydrogens (tertiary/aromatic N) is 7. The molecule has 2 atom stereocenters. The van der Waals surface area contributed by atoms with E-state index < -0.39 is 11.9 Å². The minimum Gasteiger partial charge on any atom is -0.393 e. The number of rotatable bonds is 17. The lowest BCUT2D eigenvalue weighted by molar-refractivity contribution is -0.135. The standard InChI is InChI=1S/C47H63N9O5/c1-4-5-21-48-46-49-30-38-39(31-55(44(38)51-46)36-14-16-37(57)17-15-36)35-12-10-34(11-13-35)32(2)54-25-23-53(24-26-54)22-7-28-61-27-6-8-33-9-18-40-42(29-33)52(3)47(60)56(40)41-19-20-43(58)50-45(41)59/h9-13,18,29-32,36-37,41,57H,4-8,14-17,19-28H2,1-3H3,(H,48,49,51)(H,50,58,59)/t32-,36?,37?,41?/m1/s1. The molecule has 5 aromatic rings. The normalized spacial score (nSPS) is 21.0. The molecule has 0 spiro atoms. The first-order valence-electron chi connectivity index (χ1n) is 22.7. The van der Waals surface area contributed by atoms with E-state index in [2.05, 4.69) is 69.3 Å². The summed E-state index contributed by atoms with van der Waals surface area (Å²) in [7, 11) is 1.73. The van der Waals surface area contributed by atoms with Gasteiger partial charge in [0.1, 0.15) is 11.7 Å². The number of nitrogens with one attached hydrogen (secondary N) is 2. The minimum atomic E-state index is -0.676. The molecule has 14 nitrogen and oxygen atoms in total. The maximum atomic E-state index is 13.1. The molecule has 2 aliphatic heterocycles. The summed E-state index contributed by atoms with van der Waals surface area (Å²) >= 11 is 0. The second kappa shape index (κ2) is 19.4. The molecule has 2 aromatic carbocycles. The van der Waals surface area contributed by atoms with E-state index in [9.17, 15) is 19.5 Å². The number of aryl methyl sites for hydroxylation is 2. The van der Waals surface area contributed by atoms with E-state index in [1.54, 1.807) is 11.6 Å². The van der Waals surface area contributed by atoms with Crippen LogP contribution in [0.25, 0.3) is 33.2 Å². The molecule has 1 saturated carbocycles. The summed E-state index contributed by atoms with van der Waals surface area (Å²) in [6, 6.07) is 15.0. The van der Waals surface area contributed by atoms with Crippen molar-refractivity contribution in [1.29, 1.82) is 0 Å². The van der Waals surface area contributed by atoms with Crippen molar-refractivity contribution in [2.24, 2.45) is 7.05 Å². The molecular weight excluding hydrogens is 771 g/mol. The molecule has 2 amide bonds. The number of carbonyl (C=O) groups excluding carboxylic acids is 2. The van der Waals surface area contributed by atoms with Crippen LogP contribution >= 0.6 is 0 Å². The highest BCUT2D eigenvalue weighted by Gasteiger charge is 2.31. The van der Waals surface area contributed by atoms with Crippen molar-refractivity contribution >= 4 is 39.8 Å². The van der Waals surface area contributed by atoms with Crippen LogP contribution in [0, 0.1) is 0 Å². The predicted molar refractivity (Wildman–Crippen MR) is 239 cm³/mol. The molecule has 0 radical (unpaired) electrons. The van der Waals surface area contributed by atoms with Gasteiger partial charge in [0.05, 0.1) is 17.1 Å². The first kappa shape index (κ1) is 42.8. The molecular formula is C47H63N9O5. The van der Waals surface area contributed by atoms with E-state index in [-0.39, 0.29) is 24.1 Å². The van der Waals surface area contributed by atoms with Crippen LogP contribution < -0.4 is 16.3 Å². The van der Waals surface area contributed by atoms with Gasteiger partial charge in [-0.3, -0.25) is 28.9 Å². The van der Waals surface area contributed by atoms with Gasteiger partial charge < -0.3 is 24.6 Å². The lowest BCUT2D eigenvalue weighted by Crippen LogP contribution is -2.47. The number of imide groups is 1. The zero-order valence-electron chi connectivity index (χ0n) is 36.2. The van der Waals surface area contributed by atoms with Gasteiger partial charge >= 0.3 is 5.69 Å². The van der Waals surface area contributed by atoms with Crippen LogP contribution in [0.2, 0.25) is 0 Å². The SMILES string of the molecule is CCCCNc1ncc2c(-c3ccc([C@@H](C)N4CCN(CCCOCCCc5ccc6c(c5)n(C)c(=O)n6C5CCC(=O)NC5=O)CC4)cc3)cn(C3CCC(O)CC3)c2n1. The second-order valence-corrected chi connectivity index (χ2v) is 17.4. The van der Waals surface area contributed by atoms with Crippen molar-refractivity contribution in [2.75, 3.05) is 57.8 Å². The number of fused-ring (bicyclic) bond motifs is 2. The highest BCUT2D eigenvalue weighted by Crippen LogP contribution is 2.37. The van der Waals surface area contributed by atoms with Crippen molar-refractivity contribution in [2.45, 2.75) is 109 Å². The number of piperidine rings is 1. The number of hydrogen-bond donors (Lipinski definition) is 3. The van der Waals surface area contributed by atoms with Gasteiger partial charge in [-0.2, -0.15) is 4.98 Å². The summed E-state index contributed by atoms with van der Waals surface area (Å²) in [5.74, 6) is -0.0324. The maximum absolute atomic E-state index is 13.1. The number of benzene rings is 2. The number of amides is 2. The number of unbranched alkanes of at least 4 members (excludes halogenated alkanes) is 1. The minimum absolute atomic E-state index is 0.202. The number of piperazine rings is 1. The molecule has 61 heavy (non-hydrogen) atoms. The fraction of sp³-hybridized carbons (Fsp3) is 0.553. The van der Waals surface area contributed by atoms with Gasteiger partial charge in [-0.1, -0.05) is 43.7 Å². The maximum Gasteiger partial charge on any atom is 0.329 e. The van der Waals surface area contributed by atoms with Crippen LogP contribution in [0.15, 0.2) is 59.7 Å². The Morgan fingerprint density at radius 2 is 1.70 bits per heavy atom. The van der Waals surface area contributed by atoms with Crippen LogP contribution in [-0.4, -0.2) is 109 Å². The third-order valence-electron chi connectivity index (χ3n) is 13.3. The number of anilines is 1. The molecule has 3 N–H and O–H groups in total. The highest BCUT2D eigenvalue weighted by atomic mass is 16.5. The Balaban J connectivity index is 0.781. The molecule has 14 heteroatoms. The summed E-state index contributed by atoms with van der Waals surface area (Å²) in [5.41, 5.74) is 6.99. The monoisotopic (exact) mass is 833 g/mol. The highest BCUT2D eigenvalue weighted by molar-refractivity contribution is 6.00. The van der Waals surface area contributed by atoms with Crippen LogP contribution in [0.4, 0.5) is 5.95 Å². The average molecular weight is 834 g/mol. The van der Waals surface area contributed by atoms with E-state index >= 15 is 0 Å². The van der Waals surface area contributed by atoms with Crippen LogP contribution in [-0.2, 0) is 27.8 Å². The van der Waals surface area contributed by atoms with Crippen LogP contribution in [0.1, 0.15) is 107 Å². The van der Waals surface area contributed by atoms with Crippen molar-refractivity contribution < 1.29 is 19.4 Å². The lowest BCUT2D eigenvalue weighted by Gasteiger charge is -2.38. The van der Waals surface area contributed by atoms with E-state index in [1.807, 2.05) is 24.4 Å². The van der Waals surface area contributed by atoms with Gasteiger partial charge in [0.25, 0.3) is 0 Å². The number of aliphatic hydroxyl groups is 1. The number of hydrogen-bond acceptors (Lipinski definition) is 10. The van der Waals surface area contributed by atoms with Gasteiger partial charge in [0.2, 0.25) is 17.8 Å². The summed E-state index contributed by atoms with van der Waals surface area (Å²) in [6.07, 6.45) is 13.1. The number of ether oxygens (including phenoxy) is 1. The van der Waals surface area contributed by atoms with Gasteiger partial charge in [0.15, 0.2) is 0 Å². The summed E-state index contributed by atoms with van der Waals surface area (Å²) in [5, 5.41) is 17.0. The van der Waals surface area contributed by atoms with Gasteiger partial charge in [-0.25, -0.2) is 9.78 Å². The Bertz CT molecular complexity index is 2350. The van der Waals surface area contributed by atoms with Crippen molar-refractivity contribution in [3.63, 3.8) is 0 Å². The van der Waals surface area contributed by atoms with Gasteiger partial charge in [0, 0.05) is 101 Å². The molecule has 8 rings (SSSR count). The molecule has 1 unspecified atom stereocenters. The molecule has 5 heterocycles. The van der Waals surface area contributed by atoms with Crippen molar-refractivity contribution in [3.05, 3.63) is 76.5 Å². The number of aromatic nitrogens is 5. The van der Waals surface area contributed by atoms with Crippen molar-refractivity contribution in [3.8, 4) is 11.1 Å². The fourth-order valence-corrected chi connectivity index (χ4v) is 9.53. The van der Waals surface area contributed by atoms with Crippen LogP contribution in [0.5, 0.6) is 0 Å². The smallest absolute Gasteiger partial charge is 0.329 e. The number of carbonyl (C=O) groups is 2. The predicted octanol–water partition coefficient (Wildman–Crippen LogP) is 6.14. The molecule has 1 aliphatic carbocycles. The van der Waals surface area contributed by atoms with Crippen molar-refractivity contribution in [1.82, 2.24) is 38.8 Å². The van der Waals surface area contributed by atoms with Gasteiger partial charge in [-0.15, -0.1) is 0 Å². The molecule has 2 saturated heterocycles. The quantitative estimate of drug-likeness (QED) is 0.0737. The van der Waals surface area contributed by atoms with Crippen LogP contribution in [0.3, 0.4) is 0 Å². The Morgan fingerprint density at radius 3 is 2.46 bits per heavy atom. The Morgan fingerprint density at radius 1 is 0.934 bits per heavy atom. The largest absolute Gasteiger partial charge is 0.393 e. The summed E-state index contributed by atoms with van der Waals surface area (Å²) in [6.45, 7) is 12.0. The molecule has 326 valence electrons. The fourth-order valence-electron chi connectivity index (χ4n) is 9.53. The number of imidazole rings is 1. The zero-order chi connectivity index (χ0) is 42.5. The lowest BCUT2D eigenvalue weighted by atomic mass is 9.93. The van der Waals surface area contributed by atoms with E-state index in [1.165, 1.54) is 15.7 Å². The van der Waals surface area contributed by atoms with Gasteiger partial charge in [-0.05, 0) is 93.5 Å². The third-order valence-corrected chi connectivity index (χ3v) is 13.3. The molecule has 3 aromatic heterocycles.